The molecule has 0 heterocycles. The Bertz CT molecular complexity index is 116. The summed E-state index contributed by atoms with van der Waals surface area (Å²) in [5, 5.41) is 0. The third-order valence-corrected chi connectivity index (χ3v) is 3.50. The van der Waals surface area contributed by atoms with Gasteiger partial charge in [0, 0.05) is 11.4 Å². The second kappa shape index (κ2) is 5.98. The highest BCUT2D eigenvalue weighted by Crippen LogP contribution is 2.28. The van der Waals surface area contributed by atoms with E-state index in [1.54, 1.807) is 0 Å². The summed E-state index contributed by atoms with van der Waals surface area (Å²) >= 11 is 3.65. The molecule has 12 heavy (non-hydrogen) atoms. The quantitative estimate of drug-likeness (QED) is 0.523. The van der Waals surface area contributed by atoms with Crippen LogP contribution in [0.2, 0.25) is 0 Å². The zero-order chi connectivity index (χ0) is 8.81. The fraction of sp³-hybridized carbons (Fsp3) is 1.00. The third-order valence-electron chi connectivity index (χ3n) is 2.45. The van der Waals surface area contributed by atoms with E-state index in [4.69, 9.17) is 4.74 Å². The van der Waals surface area contributed by atoms with Crippen molar-refractivity contribution in [2.45, 2.75) is 56.4 Å². The summed E-state index contributed by atoms with van der Waals surface area (Å²) in [4.78, 5) is 0.624. The summed E-state index contributed by atoms with van der Waals surface area (Å²) in [7, 11) is 0. The maximum Gasteiger partial charge on any atom is 0.0700 e. The van der Waals surface area contributed by atoms with Crippen LogP contribution >= 0.6 is 15.9 Å². The molecule has 0 aromatic rings. The molecule has 0 amide bonds. The molecule has 1 nitrogen and oxygen atoms in total. The van der Waals surface area contributed by atoms with Crippen LogP contribution in [0.25, 0.3) is 0 Å². The second-order valence-corrected chi connectivity index (χ2v) is 4.74. The number of alkyl halides is 1. The average molecular weight is 235 g/mol. The molecule has 1 fully saturated rings. The van der Waals surface area contributed by atoms with Crippen LogP contribution < -0.4 is 0 Å². The minimum absolute atomic E-state index is 0.502. The fourth-order valence-corrected chi connectivity index (χ4v) is 2.40. The van der Waals surface area contributed by atoms with Crippen molar-refractivity contribution in [3.63, 3.8) is 0 Å². The Morgan fingerprint density at radius 1 is 1.33 bits per heavy atom. The van der Waals surface area contributed by atoms with E-state index in [2.05, 4.69) is 22.9 Å². The van der Waals surface area contributed by atoms with Crippen molar-refractivity contribution in [2.75, 3.05) is 6.61 Å². The highest BCUT2D eigenvalue weighted by atomic mass is 79.9. The first-order valence-corrected chi connectivity index (χ1v) is 6.02. The lowest BCUT2D eigenvalue weighted by Gasteiger charge is -2.14. The van der Waals surface area contributed by atoms with E-state index in [0.29, 0.717) is 10.9 Å². The van der Waals surface area contributed by atoms with Crippen molar-refractivity contribution in [1.82, 2.24) is 0 Å². The minimum Gasteiger partial charge on any atom is -0.377 e. The number of hydrogen-bond acceptors (Lipinski definition) is 1. The first-order valence-electron chi connectivity index (χ1n) is 5.10. The molecule has 0 aliphatic heterocycles. The molecule has 2 atom stereocenters. The van der Waals surface area contributed by atoms with Gasteiger partial charge in [-0.15, -0.1) is 0 Å². The van der Waals surface area contributed by atoms with Crippen LogP contribution in [-0.4, -0.2) is 17.5 Å². The van der Waals surface area contributed by atoms with Gasteiger partial charge < -0.3 is 4.74 Å². The number of ether oxygens (including phenoxy) is 1. The van der Waals surface area contributed by atoms with Gasteiger partial charge in [0.2, 0.25) is 0 Å². The van der Waals surface area contributed by atoms with Gasteiger partial charge in [-0.05, 0) is 25.7 Å². The molecule has 1 rings (SSSR count). The van der Waals surface area contributed by atoms with Crippen LogP contribution in [-0.2, 0) is 4.74 Å². The predicted molar refractivity (Wildman–Crippen MR) is 55.8 cm³/mol. The lowest BCUT2D eigenvalue weighted by molar-refractivity contribution is 0.0601. The van der Waals surface area contributed by atoms with Crippen molar-refractivity contribution >= 4 is 15.9 Å². The van der Waals surface area contributed by atoms with E-state index in [-0.39, 0.29) is 0 Å². The van der Waals surface area contributed by atoms with Gasteiger partial charge in [0.15, 0.2) is 0 Å². The Hall–Kier alpha value is 0.440. The Balaban J connectivity index is 1.98. The molecule has 72 valence electrons. The summed E-state index contributed by atoms with van der Waals surface area (Å²) in [5.74, 6) is 0. The normalized spacial score (nSPS) is 29.5. The molecule has 2 heteroatoms. The minimum atomic E-state index is 0.502. The lowest BCUT2D eigenvalue weighted by atomic mass is 10.2. The Morgan fingerprint density at radius 3 is 2.75 bits per heavy atom. The largest absolute Gasteiger partial charge is 0.377 e. The van der Waals surface area contributed by atoms with E-state index >= 15 is 0 Å². The average Bonchev–Trinajstić information content (AvgIpc) is 2.46. The van der Waals surface area contributed by atoms with Gasteiger partial charge in [-0.3, -0.25) is 0 Å². The molecule has 1 aliphatic carbocycles. The number of unbranched alkanes of at least 4 members (excludes halogenated alkanes) is 2. The summed E-state index contributed by atoms with van der Waals surface area (Å²) < 4.78 is 5.77. The van der Waals surface area contributed by atoms with Gasteiger partial charge in [-0.1, -0.05) is 35.7 Å². The molecule has 0 bridgehead atoms. The van der Waals surface area contributed by atoms with E-state index in [1.165, 1.54) is 38.5 Å². The van der Waals surface area contributed by atoms with Crippen molar-refractivity contribution < 1.29 is 4.74 Å². The molecule has 2 unspecified atom stereocenters. The molecular weight excluding hydrogens is 216 g/mol. The van der Waals surface area contributed by atoms with Crippen LogP contribution in [0.1, 0.15) is 45.4 Å². The molecule has 0 radical (unpaired) electrons. The molecule has 0 aromatic heterocycles. The van der Waals surface area contributed by atoms with Gasteiger partial charge in [0.05, 0.1) is 6.10 Å². The summed E-state index contributed by atoms with van der Waals surface area (Å²) in [6.45, 7) is 3.18. The molecule has 0 spiro atoms. The van der Waals surface area contributed by atoms with Crippen molar-refractivity contribution in [2.24, 2.45) is 0 Å². The monoisotopic (exact) mass is 234 g/mol. The number of halogens is 1. The fourth-order valence-electron chi connectivity index (χ4n) is 1.66. The van der Waals surface area contributed by atoms with Crippen molar-refractivity contribution in [3.05, 3.63) is 0 Å². The Labute approximate surface area is 84.0 Å². The van der Waals surface area contributed by atoms with E-state index < -0.39 is 0 Å². The smallest absolute Gasteiger partial charge is 0.0700 e. The number of rotatable bonds is 5. The molecular formula is C10H19BrO. The maximum atomic E-state index is 5.77. The van der Waals surface area contributed by atoms with Crippen molar-refractivity contribution in [1.29, 1.82) is 0 Å². The molecule has 0 saturated heterocycles. The van der Waals surface area contributed by atoms with Gasteiger partial charge in [0.1, 0.15) is 0 Å². The van der Waals surface area contributed by atoms with Gasteiger partial charge in [0.25, 0.3) is 0 Å². The SMILES string of the molecule is CCCCCOC1CCCC1Br. The van der Waals surface area contributed by atoms with Gasteiger partial charge >= 0.3 is 0 Å². The van der Waals surface area contributed by atoms with Crippen LogP contribution in [0.4, 0.5) is 0 Å². The van der Waals surface area contributed by atoms with Gasteiger partial charge in [-0.2, -0.15) is 0 Å². The Kier molecular flexibility index (Phi) is 5.24. The molecule has 1 aliphatic rings. The van der Waals surface area contributed by atoms with E-state index in [1.807, 2.05) is 0 Å². The topological polar surface area (TPSA) is 9.23 Å². The molecule has 1 saturated carbocycles. The highest BCUT2D eigenvalue weighted by molar-refractivity contribution is 9.09. The molecule has 0 aromatic carbocycles. The standard InChI is InChI=1S/C10H19BrO/c1-2-3-4-8-12-10-7-5-6-9(10)11/h9-10H,2-8H2,1H3. The summed E-state index contributed by atoms with van der Waals surface area (Å²) in [6.07, 6.45) is 8.19. The number of hydrogen-bond donors (Lipinski definition) is 0. The van der Waals surface area contributed by atoms with E-state index in [9.17, 15) is 0 Å². The first-order chi connectivity index (χ1) is 5.84. The van der Waals surface area contributed by atoms with Crippen LogP contribution in [0, 0.1) is 0 Å². The summed E-state index contributed by atoms with van der Waals surface area (Å²) in [6, 6.07) is 0. The second-order valence-electron chi connectivity index (χ2n) is 3.56. The van der Waals surface area contributed by atoms with Crippen LogP contribution in [0.5, 0.6) is 0 Å². The lowest BCUT2D eigenvalue weighted by Crippen LogP contribution is -2.18. The zero-order valence-electron chi connectivity index (χ0n) is 7.89. The first kappa shape index (κ1) is 10.5. The Morgan fingerprint density at radius 2 is 2.17 bits per heavy atom. The van der Waals surface area contributed by atoms with Gasteiger partial charge in [-0.25, -0.2) is 0 Å². The van der Waals surface area contributed by atoms with Crippen LogP contribution in [0.3, 0.4) is 0 Å². The maximum absolute atomic E-state index is 5.77. The zero-order valence-corrected chi connectivity index (χ0v) is 9.48. The third kappa shape index (κ3) is 3.44. The molecule has 0 N–H and O–H groups in total. The van der Waals surface area contributed by atoms with E-state index in [0.717, 1.165) is 6.61 Å². The van der Waals surface area contributed by atoms with Crippen LogP contribution in [0.15, 0.2) is 0 Å². The van der Waals surface area contributed by atoms with Crippen molar-refractivity contribution in [3.8, 4) is 0 Å². The summed E-state index contributed by atoms with van der Waals surface area (Å²) in [5.41, 5.74) is 0. The predicted octanol–water partition coefficient (Wildman–Crippen LogP) is 3.51. The highest BCUT2D eigenvalue weighted by Gasteiger charge is 2.24.